The minimum atomic E-state index is -4.76. The van der Waals surface area contributed by atoms with E-state index in [9.17, 15) is 22.8 Å². The number of carbonyl (C=O) groups is 2. The van der Waals surface area contributed by atoms with Gasteiger partial charge in [0.25, 0.3) is 11.8 Å². The summed E-state index contributed by atoms with van der Waals surface area (Å²) in [4.78, 5) is 37.8. The lowest BCUT2D eigenvalue weighted by Crippen LogP contribution is -2.54. The average molecular weight is 641 g/mol. The lowest BCUT2D eigenvalue weighted by Gasteiger charge is -2.52. The first-order valence-electron chi connectivity index (χ1n) is 15.2. The average Bonchev–Trinajstić information content (AvgIpc) is 3.21. The number of benzene rings is 2. The molecule has 1 aromatic heterocycles. The van der Waals surface area contributed by atoms with Crippen LogP contribution in [0.5, 0.6) is 5.75 Å². The van der Waals surface area contributed by atoms with Crippen LogP contribution in [-0.4, -0.2) is 71.9 Å². The first kappa shape index (κ1) is 31.7. The highest BCUT2D eigenvalue weighted by Gasteiger charge is 2.46. The molecule has 0 radical (unpaired) electrons. The summed E-state index contributed by atoms with van der Waals surface area (Å²) in [7, 11) is 5.07. The Labute approximate surface area is 264 Å². The van der Waals surface area contributed by atoms with Crippen molar-refractivity contribution in [3.8, 4) is 5.75 Å². The molecule has 1 saturated carbocycles. The smallest absolute Gasteiger partial charge is 0.419 e. The van der Waals surface area contributed by atoms with Crippen LogP contribution in [0.1, 0.15) is 81.7 Å². The van der Waals surface area contributed by atoms with Crippen molar-refractivity contribution in [1.82, 2.24) is 25.1 Å². The first-order valence-corrected chi connectivity index (χ1v) is 15.2. The molecular weight excluding hydrogens is 604 g/mol. The maximum Gasteiger partial charge on any atom is 0.419 e. The molecule has 13 heteroatoms. The van der Waals surface area contributed by atoms with Crippen LogP contribution >= 0.6 is 0 Å². The van der Waals surface area contributed by atoms with Gasteiger partial charge in [0.15, 0.2) is 0 Å². The molecule has 1 aliphatic carbocycles. The van der Waals surface area contributed by atoms with Crippen molar-refractivity contribution in [3.63, 3.8) is 0 Å². The van der Waals surface area contributed by atoms with E-state index >= 15 is 4.39 Å². The third kappa shape index (κ3) is 5.88. The van der Waals surface area contributed by atoms with Gasteiger partial charge in [0, 0.05) is 37.3 Å². The van der Waals surface area contributed by atoms with E-state index in [1.165, 1.54) is 18.1 Å². The fraction of sp³-hybridized carbons (Fsp3) is 0.455. The Morgan fingerprint density at radius 2 is 1.87 bits per heavy atom. The van der Waals surface area contributed by atoms with E-state index in [1.54, 1.807) is 25.2 Å². The Bertz CT molecular complexity index is 1680. The lowest BCUT2D eigenvalue weighted by molar-refractivity contribution is -0.138. The zero-order chi connectivity index (χ0) is 33.0. The van der Waals surface area contributed by atoms with Gasteiger partial charge in [-0.2, -0.15) is 13.2 Å². The normalized spacial score (nSPS) is 19.6. The number of piperidine rings is 1. The largest absolute Gasteiger partial charge is 0.495 e. The standard InChI is InChI=1S/C33H36F4N6O3/c1-18-21-7-5-6-19(28(21)30(45)43(18)3)12-25-23(33(35,36)37)17-38-31(40-25)41-26-14-24(34)22(13-27(26)46-4)29(44)39-20-15-32(16-20)8-10-42(2)11-9-32/h5-7,13-14,17-18,20H,8-12,15-16H2,1-4H3,(H,39,44)(H,38,40,41). The van der Waals surface area contributed by atoms with Crippen molar-refractivity contribution >= 4 is 23.5 Å². The van der Waals surface area contributed by atoms with Gasteiger partial charge in [0.05, 0.1) is 35.7 Å². The van der Waals surface area contributed by atoms with Crippen molar-refractivity contribution in [1.29, 1.82) is 0 Å². The number of methoxy groups -OCH3 is 1. The molecule has 2 N–H and O–H groups in total. The molecule has 2 fully saturated rings. The molecule has 3 heterocycles. The number of rotatable bonds is 7. The van der Waals surface area contributed by atoms with Crippen LogP contribution in [0.25, 0.3) is 0 Å². The number of carbonyl (C=O) groups excluding carboxylic acids is 2. The van der Waals surface area contributed by atoms with Gasteiger partial charge in [0.2, 0.25) is 5.95 Å². The van der Waals surface area contributed by atoms with Gasteiger partial charge in [-0.15, -0.1) is 0 Å². The third-order valence-electron chi connectivity index (χ3n) is 9.80. The number of alkyl halides is 3. The number of fused-ring (bicyclic) bond motifs is 1. The van der Waals surface area contributed by atoms with Crippen LogP contribution < -0.4 is 15.4 Å². The predicted molar refractivity (Wildman–Crippen MR) is 163 cm³/mol. The van der Waals surface area contributed by atoms with E-state index in [-0.39, 0.29) is 58.5 Å². The Hall–Kier alpha value is -4.26. The van der Waals surface area contributed by atoms with Crippen molar-refractivity contribution < 1.29 is 31.9 Å². The van der Waals surface area contributed by atoms with Gasteiger partial charge in [-0.25, -0.2) is 14.4 Å². The Morgan fingerprint density at radius 1 is 1.15 bits per heavy atom. The van der Waals surface area contributed by atoms with Gasteiger partial charge in [-0.3, -0.25) is 9.59 Å². The number of aromatic nitrogens is 2. The Balaban J connectivity index is 1.22. The summed E-state index contributed by atoms with van der Waals surface area (Å²) in [5, 5.41) is 5.68. The summed E-state index contributed by atoms with van der Waals surface area (Å²) >= 11 is 0. The number of nitrogens with zero attached hydrogens (tertiary/aromatic N) is 4. The molecule has 1 spiro atoms. The van der Waals surface area contributed by atoms with Gasteiger partial charge in [0.1, 0.15) is 11.6 Å². The third-order valence-corrected chi connectivity index (χ3v) is 9.80. The maximum atomic E-state index is 15.3. The predicted octanol–water partition coefficient (Wildman–Crippen LogP) is 5.73. The number of hydrogen-bond donors (Lipinski definition) is 2. The van der Waals surface area contributed by atoms with Crippen LogP contribution in [0.3, 0.4) is 0 Å². The summed E-state index contributed by atoms with van der Waals surface area (Å²) in [5.41, 5.74) is 0.150. The number of ether oxygens (including phenoxy) is 1. The summed E-state index contributed by atoms with van der Waals surface area (Å²) in [6.45, 7) is 3.90. The molecule has 1 atom stereocenters. The molecule has 3 aliphatic rings. The van der Waals surface area contributed by atoms with Crippen LogP contribution in [0.2, 0.25) is 0 Å². The van der Waals surface area contributed by atoms with E-state index in [2.05, 4.69) is 32.5 Å². The van der Waals surface area contributed by atoms with Crippen molar-refractivity contribution in [3.05, 3.63) is 75.9 Å². The van der Waals surface area contributed by atoms with E-state index < -0.39 is 23.5 Å². The minimum Gasteiger partial charge on any atom is -0.495 e. The summed E-state index contributed by atoms with van der Waals surface area (Å²) < 4.78 is 62.8. The monoisotopic (exact) mass is 640 g/mol. The number of halogens is 4. The molecule has 2 aliphatic heterocycles. The van der Waals surface area contributed by atoms with Crippen molar-refractivity contribution in [2.24, 2.45) is 5.41 Å². The molecule has 2 amide bonds. The molecule has 3 aromatic rings. The van der Waals surface area contributed by atoms with Gasteiger partial charge in [-0.05, 0) is 75.4 Å². The fourth-order valence-electron chi connectivity index (χ4n) is 6.93. The Kier molecular flexibility index (Phi) is 8.16. The van der Waals surface area contributed by atoms with Crippen LogP contribution in [-0.2, 0) is 12.6 Å². The maximum absolute atomic E-state index is 15.3. The summed E-state index contributed by atoms with van der Waals surface area (Å²) in [6, 6.07) is 7.12. The molecule has 46 heavy (non-hydrogen) atoms. The van der Waals surface area contributed by atoms with Crippen molar-refractivity contribution in [2.45, 2.75) is 57.3 Å². The molecule has 1 unspecified atom stereocenters. The highest BCUT2D eigenvalue weighted by Crippen LogP contribution is 2.49. The highest BCUT2D eigenvalue weighted by molar-refractivity contribution is 6.00. The van der Waals surface area contributed by atoms with E-state index in [0.29, 0.717) is 17.3 Å². The number of amides is 2. The van der Waals surface area contributed by atoms with E-state index in [1.807, 2.05) is 6.92 Å². The molecular formula is C33H36F4N6O3. The molecule has 244 valence electrons. The minimum absolute atomic E-state index is 0.0300. The first-order chi connectivity index (χ1) is 21.8. The summed E-state index contributed by atoms with van der Waals surface area (Å²) in [6.07, 6.45) is -0.520. The zero-order valence-corrected chi connectivity index (χ0v) is 26.1. The van der Waals surface area contributed by atoms with Crippen LogP contribution in [0.4, 0.5) is 29.2 Å². The van der Waals surface area contributed by atoms with Gasteiger partial charge >= 0.3 is 6.18 Å². The highest BCUT2D eigenvalue weighted by atomic mass is 19.4. The topological polar surface area (TPSA) is 99.7 Å². The second kappa shape index (κ2) is 11.8. The van der Waals surface area contributed by atoms with Crippen LogP contribution in [0.15, 0.2) is 36.5 Å². The lowest BCUT2D eigenvalue weighted by atomic mass is 9.60. The molecule has 9 nitrogen and oxygen atoms in total. The van der Waals surface area contributed by atoms with Gasteiger partial charge in [-0.1, -0.05) is 18.2 Å². The quantitative estimate of drug-likeness (QED) is 0.319. The van der Waals surface area contributed by atoms with Crippen molar-refractivity contribution in [2.75, 3.05) is 39.6 Å². The van der Waals surface area contributed by atoms with E-state index in [4.69, 9.17) is 4.74 Å². The summed E-state index contributed by atoms with van der Waals surface area (Å²) in [5.74, 6) is -1.83. The number of nitrogens with one attached hydrogen (secondary N) is 2. The number of anilines is 2. The molecule has 6 rings (SSSR count). The second-order valence-electron chi connectivity index (χ2n) is 12.7. The zero-order valence-electron chi connectivity index (χ0n) is 26.1. The number of hydrogen-bond acceptors (Lipinski definition) is 7. The molecule has 1 saturated heterocycles. The Morgan fingerprint density at radius 3 is 2.54 bits per heavy atom. The van der Waals surface area contributed by atoms with E-state index in [0.717, 1.165) is 50.4 Å². The van der Waals surface area contributed by atoms with Crippen LogP contribution in [0, 0.1) is 11.2 Å². The second-order valence-corrected chi connectivity index (χ2v) is 12.7. The molecule has 0 bridgehead atoms. The SMILES string of the molecule is COc1cc(C(=O)NC2CC3(CCN(C)CC3)C2)c(F)cc1Nc1ncc(C(F)(F)F)c(Cc2cccc3c2C(=O)N(C)C3C)n1. The fourth-order valence-corrected chi connectivity index (χ4v) is 6.93. The molecule has 2 aromatic carbocycles. The number of likely N-dealkylation sites (tertiary alicyclic amines) is 1. The van der Waals surface area contributed by atoms with Gasteiger partial charge < -0.3 is 25.2 Å².